The maximum atomic E-state index is 13.0. The van der Waals surface area contributed by atoms with Gasteiger partial charge in [0.15, 0.2) is 23.9 Å². The lowest BCUT2D eigenvalue weighted by Crippen LogP contribution is -2.18. The highest BCUT2D eigenvalue weighted by molar-refractivity contribution is 6.34. The Kier molecular flexibility index (Phi) is 7.69. The number of hydrogen-bond acceptors (Lipinski definition) is 10. The third-order valence-electron chi connectivity index (χ3n) is 4.53. The van der Waals surface area contributed by atoms with Gasteiger partial charge in [0, 0.05) is 26.2 Å². The Morgan fingerprint density at radius 2 is 1.71 bits per heavy atom. The van der Waals surface area contributed by atoms with Crippen molar-refractivity contribution in [3.8, 4) is 11.5 Å². The number of amides is 1. The first-order valence-corrected chi connectivity index (χ1v) is 10.3. The molecule has 0 atom stereocenters. The van der Waals surface area contributed by atoms with E-state index in [4.69, 9.17) is 31.5 Å². The van der Waals surface area contributed by atoms with Gasteiger partial charge in [0.25, 0.3) is 5.91 Å². The van der Waals surface area contributed by atoms with E-state index in [1.165, 1.54) is 26.4 Å². The van der Waals surface area contributed by atoms with Gasteiger partial charge in [-0.2, -0.15) is 15.0 Å². The molecule has 0 radical (unpaired) electrons. The van der Waals surface area contributed by atoms with Crippen molar-refractivity contribution >= 4 is 41.1 Å². The second-order valence-corrected chi connectivity index (χ2v) is 7.47. The molecule has 0 saturated heterocycles. The Bertz CT molecular complexity index is 1220. The molecule has 2 aromatic carbocycles. The van der Waals surface area contributed by atoms with Crippen molar-refractivity contribution in [1.29, 1.82) is 0 Å². The van der Waals surface area contributed by atoms with Gasteiger partial charge in [-0.15, -0.1) is 0 Å². The molecule has 3 aromatic rings. The maximum absolute atomic E-state index is 13.0. The number of anilines is 3. The number of aromatic nitrogens is 3. The molecule has 0 bridgehead atoms. The first-order chi connectivity index (χ1) is 16.2. The molecule has 0 aliphatic carbocycles. The van der Waals surface area contributed by atoms with Gasteiger partial charge in [0.2, 0.25) is 11.9 Å². The fourth-order valence-corrected chi connectivity index (χ4v) is 3.11. The van der Waals surface area contributed by atoms with Gasteiger partial charge in [-0.3, -0.25) is 4.79 Å². The van der Waals surface area contributed by atoms with Crippen LogP contribution in [-0.4, -0.2) is 55.1 Å². The number of nitrogens with zero attached hydrogens (tertiary/aromatic N) is 4. The fraction of sp³-hybridized carbons (Fsp3) is 0.227. The predicted octanol–water partition coefficient (Wildman–Crippen LogP) is 2.80. The zero-order chi connectivity index (χ0) is 24.8. The number of esters is 1. The highest BCUT2D eigenvalue weighted by atomic mass is 35.5. The summed E-state index contributed by atoms with van der Waals surface area (Å²) in [7, 11) is 6.33. The van der Waals surface area contributed by atoms with Gasteiger partial charge in [-0.1, -0.05) is 23.7 Å². The minimum atomic E-state index is -0.763. The Labute approximate surface area is 200 Å². The van der Waals surface area contributed by atoms with Crippen LogP contribution in [0.25, 0.3) is 0 Å². The molecule has 34 heavy (non-hydrogen) atoms. The Morgan fingerprint density at radius 3 is 2.35 bits per heavy atom. The van der Waals surface area contributed by atoms with Gasteiger partial charge in [-0.05, 0) is 12.1 Å². The molecule has 0 aliphatic heterocycles. The van der Waals surface area contributed by atoms with Crippen molar-refractivity contribution in [1.82, 2.24) is 15.0 Å². The predicted molar refractivity (Wildman–Crippen MR) is 127 cm³/mol. The number of hydrogen-bond donors (Lipinski definition) is 2. The van der Waals surface area contributed by atoms with Crippen LogP contribution in [0.15, 0.2) is 36.4 Å². The number of benzene rings is 2. The SMILES string of the molecule is COc1cc(NC(=O)c2ccccc2Cl)c(C(=O)OCc2nc(N)nc(N(C)C)n2)cc1OC. The van der Waals surface area contributed by atoms with Crippen LogP contribution in [0, 0.1) is 0 Å². The average Bonchev–Trinajstić information content (AvgIpc) is 2.82. The molecule has 12 heteroatoms. The molecule has 3 N–H and O–H groups in total. The van der Waals surface area contributed by atoms with Crippen LogP contribution in [0.5, 0.6) is 11.5 Å². The van der Waals surface area contributed by atoms with Gasteiger partial charge in [0.1, 0.15) is 0 Å². The summed E-state index contributed by atoms with van der Waals surface area (Å²) in [6.45, 7) is -0.279. The standard InChI is InChI=1S/C22H23ClN6O5/c1-29(2)22-27-18(26-21(24)28-22)11-34-20(31)13-9-16(32-3)17(33-4)10-15(13)25-19(30)12-7-5-6-8-14(12)23/h5-10H,11H2,1-4H3,(H,25,30)(H2,24,26,27,28). The van der Waals surface area contributed by atoms with Crippen LogP contribution in [0.3, 0.4) is 0 Å². The highest BCUT2D eigenvalue weighted by Crippen LogP contribution is 2.34. The minimum Gasteiger partial charge on any atom is -0.493 e. The molecule has 11 nitrogen and oxygen atoms in total. The van der Waals surface area contributed by atoms with Crippen LogP contribution in [0.4, 0.5) is 17.6 Å². The largest absolute Gasteiger partial charge is 0.493 e. The second kappa shape index (κ2) is 10.7. The number of halogens is 1. The lowest BCUT2D eigenvalue weighted by Gasteiger charge is -2.16. The number of nitrogen functional groups attached to an aromatic ring is 1. The molecular weight excluding hydrogens is 464 g/mol. The summed E-state index contributed by atoms with van der Waals surface area (Å²) in [5.41, 5.74) is 6.10. The molecule has 0 saturated carbocycles. The molecular formula is C22H23ClN6O5. The molecule has 178 valence electrons. The van der Waals surface area contributed by atoms with Gasteiger partial charge >= 0.3 is 5.97 Å². The zero-order valence-electron chi connectivity index (χ0n) is 19.0. The summed E-state index contributed by atoms with van der Waals surface area (Å²) < 4.78 is 16.0. The third-order valence-corrected chi connectivity index (χ3v) is 4.86. The quantitative estimate of drug-likeness (QED) is 0.456. The third kappa shape index (κ3) is 5.62. The Balaban J connectivity index is 1.90. The van der Waals surface area contributed by atoms with Crippen LogP contribution in [0.1, 0.15) is 26.5 Å². The van der Waals surface area contributed by atoms with Crippen LogP contribution in [0.2, 0.25) is 5.02 Å². The topological polar surface area (TPSA) is 142 Å². The lowest BCUT2D eigenvalue weighted by molar-refractivity contribution is 0.0463. The van der Waals surface area contributed by atoms with E-state index in [1.807, 2.05) is 0 Å². The number of rotatable bonds is 8. The smallest absolute Gasteiger partial charge is 0.340 e. The minimum absolute atomic E-state index is 0.0106. The number of carbonyl (C=O) groups excluding carboxylic acids is 2. The number of carbonyl (C=O) groups is 2. The van der Waals surface area contributed by atoms with Crippen molar-refractivity contribution in [2.45, 2.75) is 6.61 Å². The Hall–Kier alpha value is -4.12. The van der Waals surface area contributed by atoms with Crippen molar-refractivity contribution < 1.29 is 23.8 Å². The van der Waals surface area contributed by atoms with Crippen molar-refractivity contribution in [2.24, 2.45) is 0 Å². The van der Waals surface area contributed by atoms with E-state index >= 15 is 0 Å². The first-order valence-electron chi connectivity index (χ1n) is 9.90. The number of nitrogens with two attached hydrogens (primary N) is 1. The number of nitrogens with one attached hydrogen (secondary N) is 1. The van der Waals surface area contributed by atoms with E-state index in [2.05, 4.69) is 20.3 Å². The molecule has 1 heterocycles. The normalized spacial score (nSPS) is 10.4. The molecule has 1 amide bonds. The van der Waals surface area contributed by atoms with Crippen LogP contribution >= 0.6 is 11.6 Å². The van der Waals surface area contributed by atoms with E-state index in [-0.39, 0.29) is 46.0 Å². The van der Waals surface area contributed by atoms with Crippen molar-refractivity contribution in [3.05, 3.63) is 58.4 Å². The van der Waals surface area contributed by atoms with E-state index < -0.39 is 11.9 Å². The maximum Gasteiger partial charge on any atom is 0.340 e. The summed E-state index contributed by atoms with van der Waals surface area (Å²) in [6, 6.07) is 9.37. The fourth-order valence-electron chi connectivity index (χ4n) is 2.88. The van der Waals surface area contributed by atoms with Gasteiger partial charge in [0.05, 0.1) is 36.1 Å². The van der Waals surface area contributed by atoms with Crippen LogP contribution < -0.4 is 25.4 Å². The summed E-state index contributed by atoms with van der Waals surface area (Å²) >= 11 is 6.13. The van der Waals surface area contributed by atoms with E-state index in [0.717, 1.165) is 0 Å². The number of ether oxygens (including phenoxy) is 3. The Morgan fingerprint density at radius 1 is 1.03 bits per heavy atom. The van der Waals surface area contributed by atoms with E-state index in [9.17, 15) is 9.59 Å². The molecule has 0 aliphatic rings. The molecule has 0 spiro atoms. The van der Waals surface area contributed by atoms with E-state index in [0.29, 0.717) is 11.7 Å². The summed E-state index contributed by atoms with van der Waals surface area (Å²) in [6.07, 6.45) is 0. The summed E-state index contributed by atoms with van der Waals surface area (Å²) in [5.74, 6) is -0.250. The second-order valence-electron chi connectivity index (χ2n) is 7.07. The van der Waals surface area contributed by atoms with Crippen molar-refractivity contribution in [3.63, 3.8) is 0 Å². The average molecular weight is 487 g/mol. The lowest BCUT2D eigenvalue weighted by atomic mass is 10.1. The summed E-state index contributed by atoms with van der Waals surface area (Å²) in [5, 5.41) is 2.94. The first kappa shape index (κ1) is 24.5. The summed E-state index contributed by atoms with van der Waals surface area (Å²) in [4.78, 5) is 39.6. The van der Waals surface area contributed by atoms with E-state index in [1.54, 1.807) is 43.3 Å². The zero-order valence-corrected chi connectivity index (χ0v) is 19.7. The van der Waals surface area contributed by atoms with Crippen molar-refractivity contribution in [2.75, 3.05) is 44.3 Å². The molecule has 1 aromatic heterocycles. The van der Waals surface area contributed by atoms with Crippen LogP contribution in [-0.2, 0) is 11.3 Å². The van der Waals surface area contributed by atoms with Gasteiger partial charge in [-0.25, -0.2) is 4.79 Å². The molecule has 3 rings (SSSR count). The number of methoxy groups -OCH3 is 2. The molecule has 0 unspecified atom stereocenters. The molecule has 0 fully saturated rings. The monoisotopic (exact) mass is 486 g/mol. The highest BCUT2D eigenvalue weighted by Gasteiger charge is 2.21. The van der Waals surface area contributed by atoms with Gasteiger partial charge < -0.3 is 30.2 Å².